The quantitative estimate of drug-likeness (QED) is 0.653. The van der Waals surface area contributed by atoms with Gasteiger partial charge in [-0.1, -0.05) is 27.7 Å². The predicted octanol–water partition coefficient (Wildman–Crippen LogP) is 3.23. The summed E-state index contributed by atoms with van der Waals surface area (Å²) < 4.78 is 11.6. The van der Waals surface area contributed by atoms with Crippen molar-refractivity contribution in [1.82, 2.24) is 5.32 Å². The molecule has 1 saturated carbocycles. The molecule has 0 spiro atoms. The molecule has 0 bridgehead atoms. The van der Waals surface area contributed by atoms with Crippen molar-refractivity contribution in [2.24, 2.45) is 11.8 Å². The number of ether oxygens (including phenoxy) is 2. The van der Waals surface area contributed by atoms with Gasteiger partial charge < -0.3 is 14.8 Å². The Morgan fingerprint density at radius 2 is 2.00 bits per heavy atom. The van der Waals surface area contributed by atoms with E-state index >= 15 is 0 Å². The fourth-order valence-corrected chi connectivity index (χ4v) is 2.65. The maximum absolute atomic E-state index is 6.06. The molecular formula is C16H33NO2. The molecule has 1 fully saturated rings. The Morgan fingerprint density at radius 3 is 2.68 bits per heavy atom. The second-order valence-electron chi connectivity index (χ2n) is 6.36. The van der Waals surface area contributed by atoms with Crippen molar-refractivity contribution in [1.29, 1.82) is 0 Å². The van der Waals surface area contributed by atoms with Crippen molar-refractivity contribution in [3.8, 4) is 0 Å². The lowest BCUT2D eigenvalue weighted by Gasteiger charge is -2.35. The monoisotopic (exact) mass is 271 g/mol. The average Bonchev–Trinajstić information content (AvgIpc) is 2.37. The highest BCUT2D eigenvalue weighted by molar-refractivity contribution is 4.84. The Kier molecular flexibility index (Phi) is 8.67. The molecule has 19 heavy (non-hydrogen) atoms. The molecule has 1 aliphatic carbocycles. The molecule has 1 rings (SSSR count). The summed E-state index contributed by atoms with van der Waals surface area (Å²) in [6, 6.07) is 0.543. The first-order valence-electron chi connectivity index (χ1n) is 8.06. The highest BCUT2D eigenvalue weighted by atomic mass is 16.5. The highest BCUT2D eigenvalue weighted by Crippen LogP contribution is 2.26. The second kappa shape index (κ2) is 9.73. The average molecular weight is 271 g/mol. The van der Waals surface area contributed by atoms with Crippen molar-refractivity contribution in [3.63, 3.8) is 0 Å². The van der Waals surface area contributed by atoms with Gasteiger partial charge in [0.1, 0.15) is 0 Å². The molecule has 3 atom stereocenters. The maximum Gasteiger partial charge on any atom is 0.0731 e. The van der Waals surface area contributed by atoms with Gasteiger partial charge in [-0.15, -0.1) is 0 Å². The molecule has 0 aromatic rings. The Morgan fingerprint density at radius 1 is 1.21 bits per heavy atom. The van der Waals surface area contributed by atoms with Crippen molar-refractivity contribution in [2.75, 3.05) is 26.4 Å². The van der Waals surface area contributed by atoms with E-state index in [0.29, 0.717) is 18.1 Å². The van der Waals surface area contributed by atoms with E-state index in [1.54, 1.807) is 0 Å². The molecule has 0 saturated heterocycles. The van der Waals surface area contributed by atoms with Gasteiger partial charge in [-0.3, -0.25) is 0 Å². The van der Waals surface area contributed by atoms with E-state index in [4.69, 9.17) is 9.47 Å². The van der Waals surface area contributed by atoms with Crippen LogP contribution in [0.5, 0.6) is 0 Å². The summed E-state index contributed by atoms with van der Waals surface area (Å²) >= 11 is 0. The van der Waals surface area contributed by atoms with Gasteiger partial charge in [0.05, 0.1) is 19.3 Å². The molecule has 0 aromatic carbocycles. The molecule has 0 amide bonds. The number of nitrogens with one attached hydrogen (secondary N) is 1. The van der Waals surface area contributed by atoms with Gasteiger partial charge in [-0.05, 0) is 44.1 Å². The van der Waals surface area contributed by atoms with E-state index in [-0.39, 0.29) is 0 Å². The Labute approximate surface area is 119 Å². The van der Waals surface area contributed by atoms with Crippen molar-refractivity contribution in [2.45, 2.75) is 65.5 Å². The molecule has 3 heteroatoms. The van der Waals surface area contributed by atoms with Crippen LogP contribution in [0.15, 0.2) is 0 Å². The largest absolute Gasteiger partial charge is 0.379 e. The first-order valence-corrected chi connectivity index (χ1v) is 8.06. The second-order valence-corrected chi connectivity index (χ2v) is 6.36. The standard InChI is InChI=1S/C16H33NO2/c1-5-8-17-15-7-6-14(4)11-16(15)19-10-9-18-12-13(2)3/h13-17H,5-12H2,1-4H3. The molecule has 0 aliphatic heterocycles. The minimum Gasteiger partial charge on any atom is -0.379 e. The number of hydrogen-bond donors (Lipinski definition) is 1. The van der Waals surface area contributed by atoms with Gasteiger partial charge in [-0.2, -0.15) is 0 Å². The normalized spacial score (nSPS) is 27.9. The molecule has 3 unspecified atom stereocenters. The van der Waals surface area contributed by atoms with Crippen LogP contribution in [0.2, 0.25) is 0 Å². The summed E-state index contributed by atoms with van der Waals surface area (Å²) in [7, 11) is 0. The van der Waals surface area contributed by atoms with E-state index in [9.17, 15) is 0 Å². The molecule has 0 radical (unpaired) electrons. The first-order chi connectivity index (χ1) is 9.13. The van der Waals surface area contributed by atoms with Gasteiger partial charge in [-0.25, -0.2) is 0 Å². The van der Waals surface area contributed by atoms with Crippen LogP contribution >= 0.6 is 0 Å². The zero-order valence-corrected chi connectivity index (χ0v) is 13.3. The van der Waals surface area contributed by atoms with Crippen LogP contribution in [0.25, 0.3) is 0 Å². The van der Waals surface area contributed by atoms with Crippen molar-refractivity contribution in [3.05, 3.63) is 0 Å². The minimum absolute atomic E-state index is 0.373. The number of hydrogen-bond acceptors (Lipinski definition) is 3. The summed E-state index contributed by atoms with van der Waals surface area (Å²) in [5.41, 5.74) is 0. The lowest BCUT2D eigenvalue weighted by Crippen LogP contribution is -2.45. The molecule has 1 N–H and O–H groups in total. The third kappa shape index (κ3) is 7.28. The van der Waals surface area contributed by atoms with E-state index < -0.39 is 0 Å². The summed E-state index contributed by atoms with van der Waals surface area (Å²) in [6.45, 7) is 12.3. The minimum atomic E-state index is 0.373. The SMILES string of the molecule is CCCNC1CCC(C)CC1OCCOCC(C)C. The Balaban J connectivity index is 2.21. The van der Waals surface area contributed by atoms with E-state index in [0.717, 1.165) is 32.3 Å². The van der Waals surface area contributed by atoms with E-state index in [1.165, 1.54) is 25.7 Å². The van der Waals surface area contributed by atoms with Gasteiger partial charge in [0.2, 0.25) is 0 Å². The summed E-state index contributed by atoms with van der Waals surface area (Å²) in [5, 5.41) is 3.64. The zero-order chi connectivity index (χ0) is 14.1. The van der Waals surface area contributed by atoms with Crippen LogP contribution in [0.1, 0.15) is 53.4 Å². The molecule has 0 heterocycles. The third-order valence-corrected chi connectivity index (χ3v) is 3.72. The van der Waals surface area contributed by atoms with E-state index in [2.05, 4.69) is 33.0 Å². The van der Waals surface area contributed by atoms with Gasteiger partial charge in [0, 0.05) is 12.6 Å². The van der Waals surface area contributed by atoms with Crippen LogP contribution in [0.4, 0.5) is 0 Å². The topological polar surface area (TPSA) is 30.5 Å². The number of rotatable bonds is 9. The van der Waals surface area contributed by atoms with Crippen molar-refractivity contribution < 1.29 is 9.47 Å². The van der Waals surface area contributed by atoms with Crippen LogP contribution in [0, 0.1) is 11.8 Å². The molecule has 114 valence electrons. The highest BCUT2D eigenvalue weighted by Gasteiger charge is 2.28. The van der Waals surface area contributed by atoms with Crippen LogP contribution in [-0.4, -0.2) is 38.5 Å². The van der Waals surface area contributed by atoms with Crippen LogP contribution in [-0.2, 0) is 9.47 Å². The van der Waals surface area contributed by atoms with Gasteiger partial charge in [0.25, 0.3) is 0 Å². The zero-order valence-electron chi connectivity index (χ0n) is 13.3. The lowest BCUT2D eigenvalue weighted by atomic mass is 9.85. The van der Waals surface area contributed by atoms with Crippen LogP contribution < -0.4 is 5.32 Å². The maximum atomic E-state index is 6.06. The molecule has 0 aromatic heterocycles. The molecule has 3 nitrogen and oxygen atoms in total. The predicted molar refractivity (Wildman–Crippen MR) is 80.5 cm³/mol. The Hall–Kier alpha value is -0.120. The summed E-state index contributed by atoms with van der Waals surface area (Å²) in [6.07, 6.45) is 5.32. The first kappa shape index (κ1) is 16.9. The summed E-state index contributed by atoms with van der Waals surface area (Å²) in [5.74, 6) is 1.40. The molecule has 1 aliphatic rings. The van der Waals surface area contributed by atoms with Crippen molar-refractivity contribution >= 4 is 0 Å². The Bertz CT molecular complexity index is 219. The third-order valence-electron chi connectivity index (χ3n) is 3.72. The fourth-order valence-electron chi connectivity index (χ4n) is 2.65. The van der Waals surface area contributed by atoms with E-state index in [1.807, 2.05) is 0 Å². The molecular weight excluding hydrogens is 238 g/mol. The fraction of sp³-hybridized carbons (Fsp3) is 1.00. The summed E-state index contributed by atoms with van der Waals surface area (Å²) in [4.78, 5) is 0. The van der Waals surface area contributed by atoms with Gasteiger partial charge in [0.15, 0.2) is 0 Å². The van der Waals surface area contributed by atoms with Crippen LogP contribution in [0.3, 0.4) is 0 Å². The lowest BCUT2D eigenvalue weighted by molar-refractivity contribution is -0.0370. The van der Waals surface area contributed by atoms with Gasteiger partial charge >= 0.3 is 0 Å². The smallest absolute Gasteiger partial charge is 0.0731 e.